The molecule has 0 N–H and O–H groups in total. The van der Waals surface area contributed by atoms with Gasteiger partial charge in [0.05, 0.1) is 20.0 Å². The van der Waals surface area contributed by atoms with Crippen LogP contribution >= 0.6 is 0 Å². The van der Waals surface area contributed by atoms with Crippen LogP contribution in [0, 0.1) is 0 Å². The van der Waals surface area contributed by atoms with Gasteiger partial charge >= 0.3 is 5.97 Å². The molecule has 80 valence electrons. The molecular weight excluding hydrogens is 202 g/mol. The topological polar surface area (TPSA) is 72.9 Å². The number of amides is 1. The van der Waals surface area contributed by atoms with Crippen molar-refractivity contribution < 1.29 is 23.9 Å². The third-order valence-electron chi connectivity index (χ3n) is 2.34. The van der Waals surface area contributed by atoms with Gasteiger partial charge < -0.3 is 14.3 Å². The maximum absolute atomic E-state index is 11.4. The van der Waals surface area contributed by atoms with Gasteiger partial charge in [-0.05, 0) is 0 Å². The van der Waals surface area contributed by atoms with Gasteiger partial charge in [-0.3, -0.25) is 9.69 Å². The zero-order valence-electron chi connectivity index (χ0n) is 8.06. The van der Waals surface area contributed by atoms with E-state index in [1.165, 1.54) is 12.0 Å². The third-order valence-corrected chi connectivity index (χ3v) is 2.34. The Hall–Kier alpha value is -1.85. The van der Waals surface area contributed by atoms with Gasteiger partial charge in [0.1, 0.15) is 12.0 Å². The summed E-state index contributed by atoms with van der Waals surface area (Å²) in [4.78, 5) is 34.2. The Balaban J connectivity index is 2.31. The third kappa shape index (κ3) is 1.29. The molecule has 0 saturated carbocycles. The lowest BCUT2D eigenvalue weighted by molar-refractivity contribution is -0.158. The number of fused-ring (bicyclic) bond motifs is 1. The molecule has 6 heteroatoms. The fourth-order valence-electron chi connectivity index (χ4n) is 1.63. The molecule has 0 aromatic rings. The van der Waals surface area contributed by atoms with Crippen molar-refractivity contribution in [2.24, 2.45) is 0 Å². The predicted octanol–water partition coefficient (Wildman–Crippen LogP) is -0.451. The van der Waals surface area contributed by atoms with Gasteiger partial charge in [-0.2, -0.15) is 0 Å². The van der Waals surface area contributed by atoms with Crippen LogP contribution in [0.2, 0.25) is 0 Å². The fraction of sp³-hybridized carbons (Fsp3) is 0.444. The first-order valence-electron chi connectivity index (χ1n) is 4.43. The van der Waals surface area contributed by atoms with E-state index in [1.807, 2.05) is 0 Å². The van der Waals surface area contributed by atoms with Crippen LogP contribution in [0.3, 0.4) is 0 Å². The number of carbonyl (C=O) groups is 3. The average molecular weight is 211 g/mol. The molecule has 1 atom stereocenters. The summed E-state index contributed by atoms with van der Waals surface area (Å²) in [6, 6.07) is 0. The molecule has 0 bridgehead atoms. The van der Waals surface area contributed by atoms with Crippen LogP contribution in [0.1, 0.15) is 12.8 Å². The highest BCUT2D eigenvalue weighted by Gasteiger charge is 2.49. The molecule has 2 rings (SSSR count). The van der Waals surface area contributed by atoms with Gasteiger partial charge in [-0.15, -0.1) is 0 Å². The highest BCUT2D eigenvalue weighted by molar-refractivity contribution is 5.98. The Morgan fingerprint density at radius 3 is 3.00 bits per heavy atom. The van der Waals surface area contributed by atoms with Gasteiger partial charge in [0.15, 0.2) is 11.9 Å². The SMILES string of the molecule is COC(=O)C1=C(CC=O)OC2CC(=O)N12. The predicted molar refractivity (Wildman–Crippen MR) is 46.1 cm³/mol. The number of nitrogens with zero attached hydrogens (tertiary/aromatic N) is 1. The van der Waals surface area contributed by atoms with Crippen molar-refractivity contribution in [2.45, 2.75) is 19.1 Å². The van der Waals surface area contributed by atoms with E-state index in [2.05, 4.69) is 4.74 Å². The van der Waals surface area contributed by atoms with Crippen molar-refractivity contribution in [1.82, 2.24) is 4.90 Å². The summed E-state index contributed by atoms with van der Waals surface area (Å²) < 4.78 is 9.78. The van der Waals surface area contributed by atoms with E-state index in [9.17, 15) is 14.4 Å². The van der Waals surface area contributed by atoms with Crippen molar-refractivity contribution >= 4 is 18.2 Å². The minimum absolute atomic E-state index is 0.0231. The van der Waals surface area contributed by atoms with E-state index in [1.54, 1.807) is 0 Å². The van der Waals surface area contributed by atoms with E-state index in [4.69, 9.17) is 4.74 Å². The smallest absolute Gasteiger partial charge is 0.358 e. The molecule has 0 aliphatic carbocycles. The van der Waals surface area contributed by atoms with Gasteiger partial charge in [-0.1, -0.05) is 0 Å². The number of β-lactam (4-membered cyclic amide) rings is 1. The lowest BCUT2D eigenvalue weighted by atomic mass is 10.1. The zero-order valence-corrected chi connectivity index (χ0v) is 8.06. The summed E-state index contributed by atoms with van der Waals surface area (Å²) in [5, 5.41) is 0. The van der Waals surface area contributed by atoms with E-state index >= 15 is 0 Å². The minimum atomic E-state index is -0.651. The molecule has 2 aliphatic rings. The first kappa shape index (κ1) is 9.70. The molecule has 1 unspecified atom stereocenters. The zero-order chi connectivity index (χ0) is 11.0. The summed E-state index contributed by atoms with van der Waals surface area (Å²) in [6.45, 7) is 0. The van der Waals surface area contributed by atoms with Crippen LogP contribution in [0.4, 0.5) is 0 Å². The molecule has 1 saturated heterocycles. The maximum atomic E-state index is 11.4. The molecule has 2 heterocycles. The second-order valence-electron chi connectivity index (χ2n) is 3.17. The van der Waals surface area contributed by atoms with Crippen molar-refractivity contribution in [3.05, 3.63) is 11.5 Å². The van der Waals surface area contributed by atoms with Crippen molar-refractivity contribution in [1.29, 1.82) is 0 Å². The van der Waals surface area contributed by atoms with E-state index in [-0.39, 0.29) is 30.2 Å². The van der Waals surface area contributed by atoms with Crippen molar-refractivity contribution in [3.63, 3.8) is 0 Å². The van der Waals surface area contributed by atoms with Crippen LogP contribution in [-0.4, -0.2) is 36.4 Å². The van der Waals surface area contributed by atoms with E-state index in [0.717, 1.165) is 0 Å². The number of carbonyl (C=O) groups excluding carboxylic acids is 3. The van der Waals surface area contributed by atoms with Crippen LogP contribution in [0.25, 0.3) is 0 Å². The standard InChI is InChI=1S/C9H9NO5/c1-14-9(13)8-5(2-3-11)15-7-4-6(12)10(7)8/h3,7H,2,4H2,1H3. The van der Waals surface area contributed by atoms with E-state index < -0.39 is 12.2 Å². The van der Waals surface area contributed by atoms with Crippen LogP contribution in [0.5, 0.6) is 0 Å². The molecule has 0 radical (unpaired) electrons. The number of hydrogen-bond donors (Lipinski definition) is 0. The molecule has 1 amide bonds. The quantitative estimate of drug-likeness (QED) is 0.359. The normalized spacial score (nSPS) is 23.1. The van der Waals surface area contributed by atoms with Gasteiger partial charge in [0.2, 0.25) is 5.91 Å². The second kappa shape index (κ2) is 3.38. The highest BCUT2D eigenvalue weighted by atomic mass is 16.5. The largest absolute Gasteiger partial charge is 0.471 e. The van der Waals surface area contributed by atoms with Gasteiger partial charge in [-0.25, -0.2) is 4.79 Å². The molecule has 6 nitrogen and oxygen atoms in total. The lowest BCUT2D eigenvalue weighted by Gasteiger charge is -2.32. The number of rotatable bonds is 3. The molecular formula is C9H9NO5. The number of methoxy groups -OCH3 is 1. The Bertz CT molecular complexity index is 373. The molecule has 0 spiro atoms. The number of ether oxygens (including phenoxy) is 2. The molecule has 2 aliphatic heterocycles. The number of allylic oxidation sites excluding steroid dienone is 1. The number of aldehydes is 1. The Kier molecular flexibility index (Phi) is 2.18. The fourth-order valence-corrected chi connectivity index (χ4v) is 1.63. The Morgan fingerprint density at radius 2 is 2.47 bits per heavy atom. The highest BCUT2D eigenvalue weighted by Crippen LogP contribution is 2.37. The molecule has 1 fully saturated rings. The molecule has 0 aromatic carbocycles. The van der Waals surface area contributed by atoms with Gasteiger partial charge in [0.25, 0.3) is 0 Å². The molecule has 15 heavy (non-hydrogen) atoms. The minimum Gasteiger partial charge on any atom is -0.471 e. The maximum Gasteiger partial charge on any atom is 0.358 e. The first-order chi connectivity index (χ1) is 7.19. The van der Waals surface area contributed by atoms with Crippen molar-refractivity contribution in [2.75, 3.05) is 7.11 Å². The van der Waals surface area contributed by atoms with E-state index in [0.29, 0.717) is 6.29 Å². The first-order valence-corrected chi connectivity index (χ1v) is 4.43. The second-order valence-corrected chi connectivity index (χ2v) is 3.17. The summed E-state index contributed by atoms with van der Waals surface area (Å²) in [6.07, 6.45) is 0.406. The van der Waals surface area contributed by atoms with Crippen LogP contribution in [-0.2, 0) is 23.9 Å². The monoisotopic (exact) mass is 211 g/mol. The Labute approximate surface area is 85.4 Å². The molecule has 0 aromatic heterocycles. The van der Waals surface area contributed by atoms with Crippen LogP contribution in [0.15, 0.2) is 11.5 Å². The average Bonchev–Trinajstić information content (AvgIpc) is 2.50. The summed E-state index contributed by atoms with van der Waals surface area (Å²) in [7, 11) is 1.21. The number of hydrogen-bond acceptors (Lipinski definition) is 5. The summed E-state index contributed by atoms with van der Waals surface area (Å²) in [5.41, 5.74) is 0.0610. The van der Waals surface area contributed by atoms with Gasteiger partial charge in [0, 0.05) is 0 Å². The lowest BCUT2D eigenvalue weighted by Crippen LogP contribution is -2.50. The van der Waals surface area contributed by atoms with Crippen molar-refractivity contribution in [3.8, 4) is 0 Å². The summed E-state index contributed by atoms with van der Waals surface area (Å²) in [5.74, 6) is -0.628. The van der Waals surface area contributed by atoms with Crippen LogP contribution < -0.4 is 0 Å². The number of esters is 1. The Morgan fingerprint density at radius 1 is 1.73 bits per heavy atom. The summed E-state index contributed by atoms with van der Waals surface area (Å²) >= 11 is 0.